The third-order valence-electron chi connectivity index (χ3n) is 3.45. The Bertz CT molecular complexity index is 536. The van der Waals surface area contributed by atoms with Gasteiger partial charge in [0.15, 0.2) is 0 Å². The normalized spacial score (nSPS) is 12.6. The third kappa shape index (κ3) is 4.18. The third-order valence-corrected chi connectivity index (χ3v) is 3.94. The van der Waals surface area contributed by atoms with E-state index in [-0.39, 0.29) is 6.04 Å². The van der Waals surface area contributed by atoms with Gasteiger partial charge in [0, 0.05) is 10.0 Å². The predicted molar refractivity (Wildman–Crippen MR) is 87.4 cm³/mol. The molecule has 3 N–H and O–H groups in total. The molecule has 0 radical (unpaired) electrons. The number of nitrogens with zero attached hydrogens (tertiary/aromatic N) is 1. The van der Waals surface area contributed by atoms with E-state index in [4.69, 9.17) is 5.73 Å². The topological polar surface area (TPSA) is 54.7 Å². The van der Waals surface area contributed by atoms with Crippen LogP contribution in [0.25, 0.3) is 11.3 Å². The number of imidazole rings is 1. The lowest BCUT2D eigenvalue weighted by molar-refractivity contribution is 0.550. The van der Waals surface area contributed by atoms with Gasteiger partial charge in [-0.2, -0.15) is 0 Å². The maximum Gasteiger partial charge on any atom is 0.123 e. The molecule has 0 aliphatic rings. The maximum absolute atomic E-state index is 6.20. The summed E-state index contributed by atoms with van der Waals surface area (Å²) in [5.74, 6) is 0.886. The molecule has 0 saturated carbocycles. The summed E-state index contributed by atoms with van der Waals surface area (Å²) < 4.78 is 1.06. The van der Waals surface area contributed by atoms with Crippen molar-refractivity contribution in [1.29, 1.82) is 0 Å². The summed E-state index contributed by atoms with van der Waals surface area (Å²) >= 11 is 3.49. The Kier molecular flexibility index (Phi) is 5.80. The molecule has 1 unspecified atom stereocenters. The minimum atomic E-state index is 0.00718. The molecule has 2 aromatic rings. The van der Waals surface area contributed by atoms with Crippen LogP contribution in [0.4, 0.5) is 0 Å². The van der Waals surface area contributed by atoms with Crippen molar-refractivity contribution >= 4 is 15.9 Å². The van der Waals surface area contributed by atoms with Crippen molar-refractivity contribution in [2.45, 2.75) is 45.1 Å². The number of hydrogen-bond acceptors (Lipinski definition) is 2. The van der Waals surface area contributed by atoms with E-state index in [2.05, 4.69) is 45.0 Å². The number of aromatic nitrogens is 2. The van der Waals surface area contributed by atoms with Gasteiger partial charge in [-0.05, 0) is 18.6 Å². The second-order valence-electron chi connectivity index (χ2n) is 5.15. The summed E-state index contributed by atoms with van der Waals surface area (Å²) in [5.41, 5.74) is 8.34. The van der Waals surface area contributed by atoms with E-state index in [0.29, 0.717) is 0 Å². The smallest absolute Gasteiger partial charge is 0.123 e. The van der Waals surface area contributed by atoms with E-state index < -0.39 is 0 Å². The Labute approximate surface area is 129 Å². The fourth-order valence-corrected chi connectivity index (χ4v) is 2.65. The first-order chi connectivity index (χ1) is 9.70. The van der Waals surface area contributed by atoms with Gasteiger partial charge in [-0.25, -0.2) is 4.98 Å². The first kappa shape index (κ1) is 15.3. The number of nitrogens with one attached hydrogen (secondary N) is 1. The quantitative estimate of drug-likeness (QED) is 0.713. The monoisotopic (exact) mass is 335 g/mol. The van der Waals surface area contributed by atoms with Crippen molar-refractivity contribution in [2.24, 2.45) is 5.73 Å². The van der Waals surface area contributed by atoms with Crippen molar-refractivity contribution in [1.82, 2.24) is 9.97 Å². The first-order valence-corrected chi connectivity index (χ1v) is 8.06. The summed E-state index contributed by atoms with van der Waals surface area (Å²) in [6, 6.07) is 8.18. The van der Waals surface area contributed by atoms with Gasteiger partial charge in [-0.1, -0.05) is 60.7 Å². The second-order valence-corrected chi connectivity index (χ2v) is 6.06. The SMILES string of the molecule is CCCCCCC(N)c1ncc(-c2cccc(Br)c2)[nH]1. The number of nitrogens with two attached hydrogens (primary N) is 1. The maximum atomic E-state index is 6.20. The van der Waals surface area contributed by atoms with Gasteiger partial charge in [0.05, 0.1) is 17.9 Å². The number of rotatable bonds is 7. The van der Waals surface area contributed by atoms with Gasteiger partial charge in [0.25, 0.3) is 0 Å². The van der Waals surface area contributed by atoms with Crippen LogP contribution in [0.5, 0.6) is 0 Å². The van der Waals surface area contributed by atoms with Crippen LogP contribution in [-0.2, 0) is 0 Å². The molecule has 4 heteroatoms. The largest absolute Gasteiger partial charge is 0.341 e. The van der Waals surface area contributed by atoms with Gasteiger partial charge in [-0.3, -0.25) is 0 Å². The summed E-state index contributed by atoms with van der Waals surface area (Å²) in [5, 5.41) is 0. The molecule has 0 spiro atoms. The Morgan fingerprint density at radius 1 is 1.30 bits per heavy atom. The van der Waals surface area contributed by atoms with Crippen LogP contribution in [0.3, 0.4) is 0 Å². The fraction of sp³-hybridized carbons (Fsp3) is 0.438. The van der Waals surface area contributed by atoms with Crippen LogP contribution in [-0.4, -0.2) is 9.97 Å². The van der Waals surface area contributed by atoms with E-state index in [1.165, 1.54) is 25.7 Å². The van der Waals surface area contributed by atoms with E-state index in [0.717, 1.165) is 28.0 Å². The lowest BCUT2D eigenvalue weighted by Gasteiger charge is -2.08. The second kappa shape index (κ2) is 7.60. The van der Waals surface area contributed by atoms with Gasteiger partial charge in [0.2, 0.25) is 0 Å². The molecular formula is C16H22BrN3. The Balaban J connectivity index is 1.98. The number of hydrogen-bond donors (Lipinski definition) is 2. The molecular weight excluding hydrogens is 314 g/mol. The molecule has 3 nitrogen and oxygen atoms in total. The molecule has 1 aromatic heterocycles. The van der Waals surface area contributed by atoms with Crippen LogP contribution in [0, 0.1) is 0 Å². The summed E-state index contributed by atoms with van der Waals surface area (Å²) in [6.45, 7) is 2.22. The van der Waals surface area contributed by atoms with E-state index >= 15 is 0 Å². The molecule has 0 aliphatic carbocycles. The zero-order chi connectivity index (χ0) is 14.4. The standard InChI is InChI=1S/C16H22BrN3/c1-2-3-4-5-9-14(18)16-19-11-15(20-16)12-7-6-8-13(17)10-12/h6-8,10-11,14H,2-5,9,18H2,1H3,(H,19,20). The lowest BCUT2D eigenvalue weighted by atomic mass is 10.1. The molecule has 0 fully saturated rings. The number of aromatic amines is 1. The van der Waals surface area contributed by atoms with Crippen molar-refractivity contribution in [3.05, 3.63) is 40.8 Å². The zero-order valence-corrected chi connectivity index (χ0v) is 13.5. The highest BCUT2D eigenvalue weighted by atomic mass is 79.9. The number of halogens is 1. The van der Waals surface area contributed by atoms with Gasteiger partial charge in [-0.15, -0.1) is 0 Å². The highest BCUT2D eigenvalue weighted by Crippen LogP contribution is 2.23. The van der Waals surface area contributed by atoms with Gasteiger partial charge < -0.3 is 10.7 Å². The molecule has 1 atom stereocenters. The van der Waals surface area contributed by atoms with Crippen molar-refractivity contribution in [2.75, 3.05) is 0 Å². The molecule has 0 saturated heterocycles. The number of unbranched alkanes of at least 4 members (excludes halogenated alkanes) is 3. The fourth-order valence-electron chi connectivity index (χ4n) is 2.26. The van der Waals surface area contributed by atoms with Crippen molar-refractivity contribution in [3.8, 4) is 11.3 Å². The molecule has 0 bridgehead atoms. The van der Waals surface area contributed by atoms with Crippen molar-refractivity contribution in [3.63, 3.8) is 0 Å². The van der Waals surface area contributed by atoms with E-state index in [1.54, 1.807) is 0 Å². The lowest BCUT2D eigenvalue weighted by Crippen LogP contribution is -2.11. The predicted octanol–water partition coefficient (Wildman–Crippen LogP) is 4.81. The summed E-state index contributed by atoms with van der Waals surface area (Å²) in [4.78, 5) is 7.77. The minimum Gasteiger partial charge on any atom is -0.341 e. The number of benzene rings is 1. The highest BCUT2D eigenvalue weighted by molar-refractivity contribution is 9.10. The molecule has 108 valence electrons. The van der Waals surface area contributed by atoms with Crippen molar-refractivity contribution < 1.29 is 0 Å². The number of H-pyrrole nitrogens is 1. The zero-order valence-electron chi connectivity index (χ0n) is 11.9. The Morgan fingerprint density at radius 2 is 2.15 bits per heavy atom. The first-order valence-electron chi connectivity index (χ1n) is 7.27. The summed E-state index contributed by atoms with van der Waals surface area (Å²) in [6.07, 6.45) is 7.82. The molecule has 1 heterocycles. The van der Waals surface area contributed by atoms with Crippen LogP contribution in [0.1, 0.15) is 50.9 Å². The average Bonchev–Trinajstić information content (AvgIpc) is 2.93. The Morgan fingerprint density at radius 3 is 2.90 bits per heavy atom. The molecule has 2 rings (SSSR count). The van der Waals surface area contributed by atoms with Crippen LogP contribution >= 0.6 is 15.9 Å². The minimum absolute atomic E-state index is 0.00718. The van der Waals surface area contributed by atoms with Crippen LogP contribution in [0.2, 0.25) is 0 Å². The highest BCUT2D eigenvalue weighted by Gasteiger charge is 2.10. The Hall–Kier alpha value is -1.13. The van der Waals surface area contributed by atoms with Gasteiger partial charge in [0.1, 0.15) is 5.82 Å². The molecule has 0 amide bonds. The average molecular weight is 336 g/mol. The van der Waals surface area contributed by atoms with E-state index in [9.17, 15) is 0 Å². The van der Waals surface area contributed by atoms with Gasteiger partial charge >= 0.3 is 0 Å². The summed E-state index contributed by atoms with van der Waals surface area (Å²) in [7, 11) is 0. The molecule has 1 aromatic carbocycles. The molecule has 20 heavy (non-hydrogen) atoms. The molecule has 0 aliphatic heterocycles. The van der Waals surface area contributed by atoms with Crippen LogP contribution in [0.15, 0.2) is 34.9 Å². The van der Waals surface area contributed by atoms with Crippen LogP contribution < -0.4 is 5.73 Å². The van der Waals surface area contributed by atoms with E-state index in [1.807, 2.05) is 18.3 Å².